The maximum absolute atomic E-state index is 12.6. The molecule has 0 saturated carbocycles. The lowest BCUT2D eigenvalue weighted by molar-refractivity contribution is -0.160. The molecule has 2 aromatic heterocycles. The number of aliphatic carboxylic acids is 1. The molecule has 1 N–H and O–H groups in total. The second-order valence-corrected chi connectivity index (χ2v) is 11.7. The molecule has 0 aromatic carbocycles. The molecule has 7 heteroatoms. The van der Waals surface area contributed by atoms with Crippen molar-refractivity contribution in [3.8, 4) is 17.0 Å². The molecule has 0 amide bonds. The van der Waals surface area contributed by atoms with Gasteiger partial charge in [-0.3, -0.25) is 9.97 Å². The first-order valence-electron chi connectivity index (χ1n) is 12.7. The van der Waals surface area contributed by atoms with Crippen molar-refractivity contribution in [1.29, 1.82) is 0 Å². The lowest BCUT2D eigenvalue weighted by Gasteiger charge is -2.40. The summed E-state index contributed by atoms with van der Waals surface area (Å²) in [6.45, 7) is 20.4. The van der Waals surface area contributed by atoms with Gasteiger partial charge in [-0.2, -0.15) is 0 Å². The zero-order valence-electron chi connectivity index (χ0n) is 22.8. The molecule has 196 valence electrons. The van der Waals surface area contributed by atoms with Gasteiger partial charge >= 0.3 is 5.97 Å². The van der Waals surface area contributed by atoms with Crippen LogP contribution in [0.1, 0.15) is 78.7 Å². The first-order chi connectivity index (χ1) is 16.8. The third-order valence-electron chi connectivity index (χ3n) is 6.30. The Morgan fingerprint density at radius 3 is 2.36 bits per heavy atom. The van der Waals surface area contributed by atoms with Crippen LogP contribution in [0.5, 0.6) is 5.75 Å². The van der Waals surface area contributed by atoms with Crippen molar-refractivity contribution >= 4 is 17.7 Å². The molecule has 1 aliphatic rings. The van der Waals surface area contributed by atoms with Gasteiger partial charge in [-0.05, 0) is 63.2 Å². The van der Waals surface area contributed by atoms with Gasteiger partial charge in [0.25, 0.3) is 0 Å². The Hall–Kier alpha value is -2.93. The average Bonchev–Trinajstić information content (AvgIpc) is 2.80. The van der Waals surface area contributed by atoms with E-state index in [9.17, 15) is 9.90 Å². The molecule has 1 aliphatic heterocycles. The van der Waals surface area contributed by atoms with Crippen molar-refractivity contribution in [3.05, 3.63) is 42.4 Å². The molecule has 1 atom stereocenters. The summed E-state index contributed by atoms with van der Waals surface area (Å²) in [6.07, 6.45) is 5.86. The van der Waals surface area contributed by atoms with Crippen molar-refractivity contribution in [3.63, 3.8) is 0 Å². The minimum Gasteiger partial charge on any atom is -0.492 e. The van der Waals surface area contributed by atoms with Crippen LogP contribution in [0.3, 0.4) is 0 Å². The van der Waals surface area contributed by atoms with Crippen LogP contribution in [0.15, 0.2) is 31.1 Å². The highest BCUT2D eigenvalue weighted by Gasteiger charge is 2.36. The fraction of sp³-hybridized carbons (Fsp3) is 0.552. The van der Waals surface area contributed by atoms with Crippen molar-refractivity contribution in [2.75, 3.05) is 24.6 Å². The number of pyridine rings is 2. The number of carboxylic acids is 1. The number of carbonyl (C=O) groups is 1. The number of hydrogen-bond acceptors (Lipinski definition) is 6. The Bertz CT molecular complexity index is 1060. The first kappa shape index (κ1) is 27.7. The summed E-state index contributed by atoms with van der Waals surface area (Å²) in [7, 11) is 0. The molecular formula is C29H41N3O4. The van der Waals surface area contributed by atoms with E-state index in [1.54, 1.807) is 18.5 Å². The smallest absolute Gasteiger partial charge is 0.337 e. The van der Waals surface area contributed by atoms with Crippen molar-refractivity contribution in [2.45, 2.75) is 73.0 Å². The molecule has 1 fully saturated rings. The minimum absolute atomic E-state index is 0.229. The Kier molecular flexibility index (Phi) is 8.44. The molecule has 7 nitrogen and oxygen atoms in total. The summed E-state index contributed by atoms with van der Waals surface area (Å²) in [5.41, 5.74) is 2.86. The Morgan fingerprint density at radius 1 is 1.19 bits per heavy atom. The van der Waals surface area contributed by atoms with Crippen LogP contribution in [-0.4, -0.2) is 46.3 Å². The molecule has 3 rings (SSSR count). The summed E-state index contributed by atoms with van der Waals surface area (Å²) in [6, 6.07) is 3.80. The van der Waals surface area contributed by atoms with Gasteiger partial charge in [-0.25, -0.2) is 4.79 Å². The van der Waals surface area contributed by atoms with E-state index < -0.39 is 17.7 Å². The number of anilines is 1. The molecule has 0 radical (unpaired) electrons. The molecule has 0 spiro atoms. The monoisotopic (exact) mass is 495 g/mol. The zero-order chi connectivity index (χ0) is 26.7. The standard InChI is InChI=1S/C29H41N3O4/c1-9-22-24(26(27(33)34)36-28(4,5)6)25(32-14-12-29(7,8)13-15-32)21(17-31-22)23-11-10-20(16-30-23)35-18-19(2)3/h9-11,16-17,19,26H,1,12-15,18H2,2-8H3,(H,33,34)/t26-/m0/s1. The first-order valence-corrected chi connectivity index (χ1v) is 12.7. The lowest BCUT2D eigenvalue weighted by atomic mass is 9.82. The number of ether oxygens (including phenoxy) is 2. The topological polar surface area (TPSA) is 84.8 Å². The molecule has 2 aromatic rings. The maximum Gasteiger partial charge on any atom is 0.337 e. The van der Waals surface area contributed by atoms with E-state index in [1.165, 1.54) is 0 Å². The highest BCUT2D eigenvalue weighted by Crippen LogP contribution is 2.43. The van der Waals surface area contributed by atoms with Crippen LogP contribution in [0, 0.1) is 11.3 Å². The summed E-state index contributed by atoms with van der Waals surface area (Å²) in [4.78, 5) is 24.1. The van der Waals surface area contributed by atoms with E-state index in [1.807, 2.05) is 32.9 Å². The van der Waals surface area contributed by atoms with Gasteiger partial charge in [0.2, 0.25) is 0 Å². The van der Waals surface area contributed by atoms with E-state index in [4.69, 9.17) is 9.47 Å². The largest absolute Gasteiger partial charge is 0.492 e. The van der Waals surface area contributed by atoms with Gasteiger partial charge in [0.1, 0.15) is 5.75 Å². The summed E-state index contributed by atoms with van der Waals surface area (Å²) in [5.74, 6) is 0.0497. The summed E-state index contributed by atoms with van der Waals surface area (Å²) < 4.78 is 11.9. The van der Waals surface area contributed by atoms with Gasteiger partial charge in [0.15, 0.2) is 6.10 Å². The van der Waals surface area contributed by atoms with Crippen molar-refractivity contribution < 1.29 is 19.4 Å². The van der Waals surface area contributed by atoms with Gasteiger partial charge in [-0.1, -0.05) is 34.3 Å². The fourth-order valence-electron chi connectivity index (χ4n) is 4.29. The van der Waals surface area contributed by atoms with E-state index in [0.717, 1.165) is 37.2 Å². The third kappa shape index (κ3) is 6.84. The van der Waals surface area contributed by atoms with Crippen LogP contribution < -0.4 is 9.64 Å². The number of hydrogen-bond donors (Lipinski definition) is 1. The number of aromatic nitrogens is 2. The molecule has 36 heavy (non-hydrogen) atoms. The van der Waals surface area contributed by atoms with Gasteiger partial charge in [0, 0.05) is 30.4 Å². The fourth-order valence-corrected chi connectivity index (χ4v) is 4.29. The van der Waals surface area contributed by atoms with E-state index in [-0.39, 0.29) is 5.41 Å². The molecule has 0 unspecified atom stereocenters. The minimum atomic E-state index is -1.20. The molecule has 3 heterocycles. The van der Waals surface area contributed by atoms with Gasteiger partial charge < -0.3 is 19.5 Å². The molecule has 1 saturated heterocycles. The summed E-state index contributed by atoms with van der Waals surface area (Å²) >= 11 is 0. The van der Waals surface area contributed by atoms with E-state index in [0.29, 0.717) is 35.2 Å². The predicted molar refractivity (Wildman–Crippen MR) is 144 cm³/mol. The quantitative estimate of drug-likeness (QED) is 0.431. The third-order valence-corrected chi connectivity index (χ3v) is 6.30. The Morgan fingerprint density at radius 2 is 1.86 bits per heavy atom. The highest BCUT2D eigenvalue weighted by atomic mass is 16.5. The van der Waals surface area contributed by atoms with Crippen molar-refractivity contribution in [1.82, 2.24) is 9.97 Å². The van der Waals surface area contributed by atoms with Gasteiger partial charge in [-0.15, -0.1) is 0 Å². The van der Waals surface area contributed by atoms with Crippen LogP contribution >= 0.6 is 0 Å². The van der Waals surface area contributed by atoms with E-state index in [2.05, 4.69) is 49.1 Å². The van der Waals surface area contributed by atoms with Crippen molar-refractivity contribution in [2.24, 2.45) is 11.3 Å². The van der Waals surface area contributed by atoms with Crippen LogP contribution in [0.2, 0.25) is 0 Å². The summed E-state index contributed by atoms with van der Waals surface area (Å²) in [5, 5.41) is 10.3. The second-order valence-electron chi connectivity index (χ2n) is 11.7. The lowest BCUT2D eigenvalue weighted by Crippen LogP contribution is -2.39. The van der Waals surface area contributed by atoms with E-state index >= 15 is 0 Å². The number of nitrogens with zero attached hydrogens (tertiary/aromatic N) is 3. The average molecular weight is 496 g/mol. The van der Waals surface area contributed by atoms with Gasteiger partial charge in [0.05, 0.1) is 35.5 Å². The predicted octanol–water partition coefficient (Wildman–Crippen LogP) is 6.39. The SMILES string of the molecule is C=Cc1ncc(-c2ccc(OCC(C)C)cn2)c(N2CCC(C)(C)CC2)c1[C@H](OC(C)(C)C)C(=O)O. The second kappa shape index (κ2) is 11.0. The number of carboxylic acid groups (broad SMARTS) is 1. The normalized spacial score (nSPS) is 16.6. The number of rotatable bonds is 9. The van der Waals surface area contributed by atoms with Crippen LogP contribution in [0.25, 0.3) is 17.3 Å². The molecular weight excluding hydrogens is 454 g/mol. The zero-order valence-corrected chi connectivity index (χ0v) is 22.8. The maximum atomic E-state index is 12.6. The molecule has 0 aliphatic carbocycles. The highest BCUT2D eigenvalue weighted by molar-refractivity contribution is 5.87. The Labute approximate surface area is 215 Å². The van der Waals surface area contributed by atoms with Crippen LogP contribution in [0.4, 0.5) is 5.69 Å². The molecule has 0 bridgehead atoms. The number of piperidine rings is 1. The van der Waals surface area contributed by atoms with Crippen LogP contribution in [-0.2, 0) is 9.53 Å². The Balaban J connectivity index is 2.18.